The van der Waals surface area contributed by atoms with E-state index in [9.17, 15) is 28.8 Å². The second-order valence-corrected chi connectivity index (χ2v) is 10.6. The number of amides is 5. The van der Waals surface area contributed by atoms with E-state index in [4.69, 9.17) is 28.0 Å². The Morgan fingerprint density at radius 2 is 1.21 bits per heavy atom. The van der Waals surface area contributed by atoms with Crippen molar-refractivity contribution in [2.24, 2.45) is 22.9 Å². The predicted molar refractivity (Wildman–Crippen MR) is 159 cm³/mol. The minimum absolute atomic E-state index is 0.239. The minimum atomic E-state index is -1.21. The average Bonchev–Trinajstić information content (AvgIpc) is 3.48. The summed E-state index contributed by atoms with van der Waals surface area (Å²) in [5.74, 6) is -3.92. The van der Waals surface area contributed by atoms with Gasteiger partial charge in [0.25, 0.3) is 0 Å². The van der Waals surface area contributed by atoms with Crippen molar-refractivity contribution in [3.8, 4) is 0 Å². The molecule has 246 valence electrons. The van der Waals surface area contributed by atoms with Crippen LogP contribution >= 0.6 is 0 Å². The highest BCUT2D eigenvalue weighted by Gasteiger charge is 2.38. The number of carbonyl (C=O) groups is 6. The van der Waals surface area contributed by atoms with Crippen molar-refractivity contribution in [2.75, 3.05) is 39.3 Å². The molecule has 5 amide bonds. The molecule has 1 fully saturated rings. The molecular formula is C27H51N9O7. The number of carboxylic acid groups (broad SMARTS) is 1. The van der Waals surface area contributed by atoms with Gasteiger partial charge in [0.15, 0.2) is 0 Å². The van der Waals surface area contributed by atoms with Gasteiger partial charge in [0.1, 0.15) is 30.7 Å². The topological polar surface area (TPSA) is 278 Å². The average molecular weight is 614 g/mol. The molecule has 0 bridgehead atoms. The quantitative estimate of drug-likeness (QED) is 0.0554. The predicted octanol–water partition coefficient (Wildman–Crippen LogP) is -3.02. The van der Waals surface area contributed by atoms with Gasteiger partial charge in [0.05, 0.1) is 6.54 Å². The summed E-state index contributed by atoms with van der Waals surface area (Å²) in [6.07, 6.45) is 5.14. The van der Waals surface area contributed by atoms with Gasteiger partial charge < -0.3 is 54.2 Å². The molecule has 0 aromatic heterocycles. The van der Waals surface area contributed by atoms with E-state index in [1.165, 1.54) is 4.90 Å². The molecule has 0 radical (unpaired) electrons. The van der Waals surface area contributed by atoms with Gasteiger partial charge >= 0.3 is 5.97 Å². The van der Waals surface area contributed by atoms with Crippen LogP contribution in [0, 0.1) is 0 Å². The van der Waals surface area contributed by atoms with Crippen molar-refractivity contribution in [1.82, 2.24) is 26.2 Å². The van der Waals surface area contributed by atoms with E-state index in [0.717, 1.165) is 0 Å². The Balaban J connectivity index is 3.12. The minimum Gasteiger partial charge on any atom is -0.480 e. The molecule has 1 aliphatic rings. The van der Waals surface area contributed by atoms with Crippen molar-refractivity contribution in [3.05, 3.63) is 0 Å². The summed E-state index contributed by atoms with van der Waals surface area (Å²) in [7, 11) is 0. The van der Waals surface area contributed by atoms with E-state index in [2.05, 4.69) is 21.3 Å². The Kier molecular flexibility index (Phi) is 18.7. The zero-order valence-corrected chi connectivity index (χ0v) is 25.0. The number of carboxylic acids is 1. The number of nitrogens with one attached hydrogen (secondary N) is 4. The van der Waals surface area contributed by atoms with Crippen LogP contribution in [0.25, 0.3) is 0 Å². The third-order valence-electron chi connectivity index (χ3n) is 7.18. The molecule has 0 aromatic rings. The molecule has 0 unspecified atom stereocenters. The zero-order valence-electron chi connectivity index (χ0n) is 25.0. The fraction of sp³-hybridized carbons (Fsp3) is 0.778. The van der Waals surface area contributed by atoms with Crippen molar-refractivity contribution < 1.29 is 33.9 Å². The number of hydrogen-bond acceptors (Lipinski definition) is 10. The molecule has 1 rings (SSSR count). The van der Waals surface area contributed by atoms with Gasteiger partial charge in [-0.25, -0.2) is 0 Å². The van der Waals surface area contributed by atoms with Crippen molar-refractivity contribution in [1.29, 1.82) is 0 Å². The molecule has 43 heavy (non-hydrogen) atoms. The molecule has 1 heterocycles. The molecule has 1 aliphatic heterocycles. The Morgan fingerprint density at radius 1 is 0.721 bits per heavy atom. The first-order valence-electron chi connectivity index (χ1n) is 15.1. The van der Waals surface area contributed by atoms with Crippen molar-refractivity contribution in [2.45, 2.75) is 94.8 Å². The van der Waals surface area contributed by atoms with Crippen LogP contribution < -0.4 is 44.2 Å². The van der Waals surface area contributed by atoms with Crippen LogP contribution in [0.15, 0.2) is 0 Å². The van der Waals surface area contributed by atoms with Gasteiger partial charge in [-0.3, -0.25) is 28.8 Å². The van der Waals surface area contributed by atoms with E-state index < -0.39 is 66.2 Å². The van der Waals surface area contributed by atoms with E-state index in [-0.39, 0.29) is 25.9 Å². The SMILES string of the molecule is NCCCC[C@H](NC(=O)CN)C(=O)N[C@@H](CCCCN)C(=O)N[C@@H](CCCCN)C(=O)N1CCC[C@H]1C(=O)NCC(=O)O. The lowest BCUT2D eigenvalue weighted by molar-refractivity contribution is -0.143. The molecule has 16 heteroatoms. The standard InChI is InChI=1S/C27H51N9O7/c28-12-4-1-8-18(33-22(37)16-31)24(40)34-19(9-2-5-13-29)25(41)35-20(10-3-6-14-30)27(43)36-15-7-11-21(36)26(42)32-17-23(38)39/h18-21H,1-17,28-31H2,(H,32,42)(H,33,37)(H,34,40)(H,35,41)(H,38,39)/t18-,19-,20-,21-/m0/s1. The number of rotatable bonds is 22. The summed E-state index contributed by atoms with van der Waals surface area (Å²) in [6.45, 7) is 0.585. The van der Waals surface area contributed by atoms with Gasteiger partial charge in [0, 0.05) is 6.54 Å². The van der Waals surface area contributed by atoms with Crippen molar-refractivity contribution >= 4 is 35.5 Å². The van der Waals surface area contributed by atoms with E-state index in [1.807, 2.05) is 0 Å². The maximum absolute atomic E-state index is 13.7. The Bertz CT molecular complexity index is 921. The van der Waals surface area contributed by atoms with Crippen LogP contribution in [0.3, 0.4) is 0 Å². The van der Waals surface area contributed by atoms with Gasteiger partial charge in [0.2, 0.25) is 29.5 Å². The van der Waals surface area contributed by atoms with Gasteiger partial charge in [-0.2, -0.15) is 0 Å². The smallest absolute Gasteiger partial charge is 0.322 e. The fourth-order valence-electron chi connectivity index (χ4n) is 4.86. The normalized spacial score (nSPS) is 16.6. The number of nitrogens with two attached hydrogens (primary N) is 4. The largest absolute Gasteiger partial charge is 0.480 e. The maximum atomic E-state index is 13.7. The van der Waals surface area contributed by atoms with E-state index in [1.54, 1.807) is 0 Å². The van der Waals surface area contributed by atoms with E-state index in [0.29, 0.717) is 77.4 Å². The highest BCUT2D eigenvalue weighted by atomic mass is 16.4. The summed E-state index contributed by atoms with van der Waals surface area (Å²) in [6, 6.07) is -3.81. The second kappa shape index (κ2) is 21.4. The molecule has 0 aromatic carbocycles. The Morgan fingerprint density at radius 3 is 1.70 bits per heavy atom. The van der Waals surface area contributed by atoms with Crippen LogP contribution in [0.5, 0.6) is 0 Å². The lowest BCUT2D eigenvalue weighted by Gasteiger charge is -2.30. The van der Waals surface area contributed by atoms with Crippen molar-refractivity contribution in [3.63, 3.8) is 0 Å². The first-order valence-corrected chi connectivity index (χ1v) is 15.1. The number of unbranched alkanes of at least 4 members (excludes halogenated alkanes) is 3. The highest BCUT2D eigenvalue weighted by Crippen LogP contribution is 2.20. The number of likely N-dealkylation sites (tertiary alicyclic amines) is 1. The second-order valence-electron chi connectivity index (χ2n) is 10.6. The van der Waals surface area contributed by atoms with Crippen LogP contribution in [-0.2, 0) is 28.8 Å². The van der Waals surface area contributed by atoms with Gasteiger partial charge in [-0.05, 0) is 90.3 Å². The Hall–Kier alpha value is -3.34. The number of nitrogens with zero attached hydrogens (tertiary/aromatic N) is 1. The number of hydrogen-bond donors (Lipinski definition) is 9. The van der Waals surface area contributed by atoms with E-state index >= 15 is 0 Å². The summed E-state index contributed by atoms with van der Waals surface area (Å²) < 4.78 is 0. The first kappa shape index (κ1) is 37.7. The van der Waals surface area contributed by atoms with Gasteiger partial charge in [-0.15, -0.1) is 0 Å². The maximum Gasteiger partial charge on any atom is 0.322 e. The lowest BCUT2D eigenvalue weighted by atomic mass is 10.0. The monoisotopic (exact) mass is 613 g/mol. The van der Waals surface area contributed by atoms with Crippen LogP contribution in [0.2, 0.25) is 0 Å². The molecule has 0 saturated carbocycles. The summed E-state index contributed by atoms with van der Waals surface area (Å²) in [5, 5.41) is 19.3. The molecular weight excluding hydrogens is 562 g/mol. The molecule has 16 nitrogen and oxygen atoms in total. The molecule has 0 spiro atoms. The van der Waals surface area contributed by atoms with Gasteiger partial charge in [-0.1, -0.05) is 0 Å². The molecule has 1 saturated heterocycles. The lowest BCUT2D eigenvalue weighted by Crippen LogP contribution is -2.58. The fourth-order valence-corrected chi connectivity index (χ4v) is 4.86. The first-order chi connectivity index (χ1) is 20.6. The van der Waals surface area contributed by atoms with Crippen LogP contribution in [-0.4, -0.2) is 109 Å². The van der Waals surface area contributed by atoms with Crippen LogP contribution in [0.1, 0.15) is 70.6 Å². The zero-order chi connectivity index (χ0) is 32.2. The number of carbonyl (C=O) groups excluding carboxylic acids is 5. The third kappa shape index (κ3) is 14.1. The molecule has 4 atom stereocenters. The molecule has 13 N–H and O–H groups in total. The molecule has 0 aliphatic carbocycles. The van der Waals surface area contributed by atoms with Crippen LogP contribution in [0.4, 0.5) is 0 Å². The third-order valence-corrected chi connectivity index (χ3v) is 7.18. The Labute approximate surface area is 252 Å². The summed E-state index contributed by atoms with van der Waals surface area (Å²) in [5.41, 5.74) is 22.2. The summed E-state index contributed by atoms with van der Waals surface area (Å²) in [4.78, 5) is 77.3. The summed E-state index contributed by atoms with van der Waals surface area (Å²) >= 11 is 0. The number of aliphatic carboxylic acids is 1. The highest BCUT2D eigenvalue weighted by molar-refractivity contribution is 5.96.